The van der Waals surface area contributed by atoms with Crippen LogP contribution in [0.25, 0.3) is 17.0 Å². The average molecular weight is 483 g/mol. The molecule has 0 spiro atoms. The lowest BCUT2D eigenvalue weighted by molar-refractivity contribution is 0.0949. The van der Waals surface area contributed by atoms with Crippen molar-refractivity contribution in [2.45, 2.75) is 33.4 Å². The molecule has 0 aliphatic carbocycles. The Balaban J connectivity index is 1.29. The second-order valence-corrected chi connectivity index (χ2v) is 9.40. The fraction of sp³-hybridized carbons (Fsp3) is 0.233. The number of Topliss-reactive ketones (excluding diaryl/α,β-unsaturated/α-hetero) is 1. The fourth-order valence-corrected chi connectivity index (χ4v) is 5.15. The van der Waals surface area contributed by atoms with Crippen molar-refractivity contribution >= 4 is 22.8 Å². The molecule has 4 aromatic rings. The van der Waals surface area contributed by atoms with Crippen LogP contribution in [-0.2, 0) is 19.5 Å². The first-order valence-electron chi connectivity index (χ1n) is 12.3. The lowest BCUT2D eigenvalue weighted by atomic mass is 9.98. The van der Waals surface area contributed by atoms with Gasteiger partial charge in [0.05, 0.1) is 11.1 Å². The van der Waals surface area contributed by atoms with Crippen molar-refractivity contribution in [1.82, 2.24) is 9.47 Å². The summed E-state index contributed by atoms with van der Waals surface area (Å²) in [5.74, 6) is 1.38. The van der Waals surface area contributed by atoms with Gasteiger partial charge in [-0.2, -0.15) is 0 Å². The quantitative estimate of drug-likeness (QED) is 0.322. The molecule has 0 radical (unpaired) electrons. The second-order valence-electron chi connectivity index (χ2n) is 9.40. The number of fused-ring (bicyclic) bond motifs is 4. The minimum absolute atomic E-state index is 0.0953. The van der Waals surface area contributed by atoms with Gasteiger partial charge in [0, 0.05) is 42.3 Å². The molecule has 0 saturated heterocycles. The Morgan fingerprint density at radius 2 is 1.92 bits per heavy atom. The zero-order valence-corrected chi connectivity index (χ0v) is 20.4. The van der Waals surface area contributed by atoms with Crippen molar-refractivity contribution < 1.29 is 18.7 Å². The van der Waals surface area contributed by atoms with E-state index in [9.17, 15) is 9.18 Å². The highest BCUT2D eigenvalue weighted by atomic mass is 19.1. The first-order chi connectivity index (χ1) is 17.5. The largest absolute Gasteiger partial charge is 0.478 e. The Bertz CT molecular complexity index is 1520. The fourth-order valence-electron chi connectivity index (χ4n) is 5.15. The van der Waals surface area contributed by atoms with Crippen molar-refractivity contribution in [3.63, 3.8) is 0 Å². The van der Waals surface area contributed by atoms with E-state index in [-0.39, 0.29) is 11.6 Å². The van der Waals surface area contributed by atoms with Crippen LogP contribution in [0.5, 0.6) is 11.5 Å². The smallest absolute Gasteiger partial charge is 0.232 e. The number of allylic oxidation sites excluding steroid dienone is 1. The number of carbonyl (C=O) groups excluding carboxylic acids is 1. The Morgan fingerprint density at radius 3 is 2.72 bits per heavy atom. The van der Waals surface area contributed by atoms with Crippen molar-refractivity contribution in [2.75, 3.05) is 13.3 Å². The van der Waals surface area contributed by atoms with Crippen LogP contribution in [-0.4, -0.2) is 28.5 Å². The lowest BCUT2D eigenvalue weighted by Gasteiger charge is -2.30. The predicted molar refractivity (Wildman–Crippen MR) is 138 cm³/mol. The highest BCUT2D eigenvalue weighted by Crippen LogP contribution is 2.44. The maximum atomic E-state index is 13.5. The van der Waals surface area contributed by atoms with Gasteiger partial charge < -0.3 is 14.0 Å². The Hall–Kier alpha value is -3.90. The molecule has 1 aromatic heterocycles. The van der Waals surface area contributed by atoms with Crippen molar-refractivity contribution in [2.24, 2.45) is 0 Å². The Kier molecular flexibility index (Phi) is 5.61. The lowest BCUT2D eigenvalue weighted by Crippen LogP contribution is -2.33. The van der Waals surface area contributed by atoms with E-state index in [0.717, 1.165) is 58.4 Å². The molecule has 5 nitrogen and oxygen atoms in total. The average Bonchev–Trinajstić information content (AvgIpc) is 3.42. The highest BCUT2D eigenvalue weighted by molar-refractivity contribution is 6.16. The minimum atomic E-state index is -0.232. The Morgan fingerprint density at radius 1 is 1.11 bits per heavy atom. The van der Waals surface area contributed by atoms with E-state index in [4.69, 9.17) is 9.47 Å². The number of nitrogens with zero attached hydrogens (tertiary/aromatic N) is 2. The molecular weight excluding hydrogens is 455 g/mol. The second kappa shape index (κ2) is 8.95. The van der Waals surface area contributed by atoms with Crippen LogP contribution in [0.4, 0.5) is 4.39 Å². The van der Waals surface area contributed by atoms with Crippen LogP contribution in [0.2, 0.25) is 0 Å². The summed E-state index contributed by atoms with van der Waals surface area (Å²) in [5, 5.41) is 1.09. The van der Waals surface area contributed by atoms with Crippen LogP contribution in [0.3, 0.4) is 0 Å². The van der Waals surface area contributed by atoms with Gasteiger partial charge in [0.25, 0.3) is 0 Å². The summed E-state index contributed by atoms with van der Waals surface area (Å²) < 4.78 is 27.7. The van der Waals surface area contributed by atoms with E-state index in [2.05, 4.69) is 34.7 Å². The first kappa shape index (κ1) is 22.6. The highest BCUT2D eigenvalue weighted by Gasteiger charge is 2.35. The summed E-state index contributed by atoms with van der Waals surface area (Å²) in [5.41, 5.74) is 5.53. The van der Waals surface area contributed by atoms with Gasteiger partial charge >= 0.3 is 0 Å². The normalized spacial score (nSPS) is 16.2. The van der Waals surface area contributed by atoms with E-state index < -0.39 is 0 Å². The molecular formula is C30H27FN2O3. The van der Waals surface area contributed by atoms with Crippen LogP contribution in [0.15, 0.2) is 66.6 Å². The monoisotopic (exact) mass is 482 g/mol. The van der Waals surface area contributed by atoms with Gasteiger partial charge in [-0.15, -0.1) is 0 Å². The van der Waals surface area contributed by atoms with Crippen LogP contribution in [0.1, 0.15) is 39.5 Å². The summed E-state index contributed by atoms with van der Waals surface area (Å²) in [6.07, 6.45) is 4.71. The number of halogens is 1. The van der Waals surface area contributed by atoms with Crippen molar-refractivity contribution in [1.29, 1.82) is 0 Å². The van der Waals surface area contributed by atoms with E-state index in [1.54, 1.807) is 0 Å². The number of carbonyl (C=O) groups is 1. The summed E-state index contributed by atoms with van der Waals surface area (Å²) in [6.45, 7) is 6.70. The minimum Gasteiger partial charge on any atom is -0.478 e. The molecule has 2 aliphatic rings. The third kappa shape index (κ3) is 3.88. The van der Waals surface area contributed by atoms with Gasteiger partial charge in [0.15, 0.2) is 5.76 Å². The molecule has 0 atom stereocenters. The number of aromatic nitrogens is 1. The molecule has 36 heavy (non-hydrogen) atoms. The van der Waals surface area contributed by atoms with Crippen LogP contribution >= 0.6 is 0 Å². The number of ether oxygens (including phenoxy) is 2. The molecule has 0 amide bonds. The molecule has 0 fully saturated rings. The SMILES string of the molecule is CCn1cc(/C=C2/Oc3c4c(cc(C)c3C2=O)OCN(CCc2ccc(F)cc2)C4)c2ccccc21. The number of para-hydroxylation sites is 1. The predicted octanol–water partition coefficient (Wildman–Crippen LogP) is 6.12. The molecule has 0 bridgehead atoms. The number of aryl methyl sites for hydroxylation is 2. The molecule has 2 aliphatic heterocycles. The maximum absolute atomic E-state index is 13.5. The summed E-state index contributed by atoms with van der Waals surface area (Å²) in [6, 6.07) is 16.7. The number of benzene rings is 3. The molecule has 0 unspecified atom stereocenters. The molecule has 3 heterocycles. The third-order valence-corrected chi connectivity index (χ3v) is 7.06. The molecule has 3 aromatic carbocycles. The summed E-state index contributed by atoms with van der Waals surface area (Å²) in [7, 11) is 0. The van der Waals surface area contributed by atoms with Gasteiger partial charge in [-0.05, 0) is 61.7 Å². The number of rotatable bonds is 5. The first-order valence-corrected chi connectivity index (χ1v) is 12.3. The molecule has 0 N–H and O–H groups in total. The number of ketones is 1. The summed E-state index contributed by atoms with van der Waals surface area (Å²) in [4.78, 5) is 15.6. The van der Waals surface area contributed by atoms with E-state index in [1.807, 2.05) is 43.3 Å². The van der Waals surface area contributed by atoms with E-state index in [0.29, 0.717) is 30.3 Å². The molecule has 182 valence electrons. The zero-order chi connectivity index (χ0) is 24.8. The van der Waals surface area contributed by atoms with Gasteiger partial charge in [-0.25, -0.2) is 4.39 Å². The van der Waals surface area contributed by atoms with Crippen molar-refractivity contribution in [3.8, 4) is 11.5 Å². The molecule has 6 rings (SSSR count). The summed E-state index contributed by atoms with van der Waals surface area (Å²) >= 11 is 0. The third-order valence-electron chi connectivity index (χ3n) is 7.06. The van der Waals surface area contributed by atoms with E-state index in [1.165, 1.54) is 12.1 Å². The maximum Gasteiger partial charge on any atom is 0.232 e. The van der Waals surface area contributed by atoms with Crippen LogP contribution in [0, 0.1) is 12.7 Å². The van der Waals surface area contributed by atoms with E-state index >= 15 is 0 Å². The number of hydrogen-bond donors (Lipinski definition) is 0. The molecule has 0 saturated carbocycles. The standard InChI is InChI=1S/C30H27FN2O3/c1-3-33-16-21(23-6-4-5-7-25(23)33)15-27-29(34)28-19(2)14-26-24(30(28)36-27)17-32(18-35-26)13-12-20-8-10-22(31)11-9-20/h4-11,14-16H,3,12-13,17-18H2,1-2H3/b27-15+. The van der Waals surface area contributed by atoms with Gasteiger partial charge in [-0.3, -0.25) is 9.69 Å². The molecule has 6 heteroatoms. The van der Waals surface area contributed by atoms with Gasteiger partial charge in [0.1, 0.15) is 24.0 Å². The topological polar surface area (TPSA) is 43.7 Å². The van der Waals surface area contributed by atoms with Crippen LogP contribution < -0.4 is 9.47 Å². The zero-order valence-electron chi connectivity index (χ0n) is 20.4. The van der Waals surface area contributed by atoms with Gasteiger partial charge in [-0.1, -0.05) is 30.3 Å². The Labute approximate surface area is 209 Å². The van der Waals surface area contributed by atoms with Gasteiger partial charge in [0.2, 0.25) is 5.78 Å². The number of hydrogen-bond acceptors (Lipinski definition) is 4. The van der Waals surface area contributed by atoms with Crippen molar-refractivity contribution in [3.05, 3.63) is 100 Å².